The zero-order valence-electron chi connectivity index (χ0n) is 11.5. The van der Waals surface area contributed by atoms with Crippen molar-refractivity contribution < 1.29 is 9.72 Å². The second-order valence-electron chi connectivity index (χ2n) is 4.42. The van der Waals surface area contributed by atoms with E-state index in [4.69, 9.17) is 0 Å². The Morgan fingerprint density at radius 2 is 2.10 bits per heavy atom. The maximum atomic E-state index is 11.5. The van der Waals surface area contributed by atoms with Gasteiger partial charge in [0.25, 0.3) is 5.69 Å². The van der Waals surface area contributed by atoms with Gasteiger partial charge in [-0.2, -0.15) is 5.10 Å². The molecule has 6 nitrogen and oxygen atoms in total. The quantitative estimate of drug-likeness (QED) is 0.343. The predicted octanol–water partition coefficient (Wildman–Crippen LogP) is 3.02. The predicted molar refractivity (Wildman–Crippen MR) is 77.6 cm³/mol. The lowest BCUT2D eigenvalue weighted by Gasteiger charge is -2.00. The van der Waals surface area contributed by atoms with Crippen LogP contribution in [0, 0.1) is 10.1 Å². The summed E-state index contributed by atoms with van der Waals surface area (Å²) in [6, 6.07) is 6.24. The molecular formula is C14H19N3O3. The Hall–Kier alpha value is -2.24. The fraction of sp³-hybridized carbons (Fsp3) is 0.429. The minimum absolute atomic E-state index is 0.0338. The van der Waals surface area contributed by atoms with Crippen molar-refractivity contribution in [3.05, 3.63) is 39.9 Å². The van der Waals surface area contributed by atoms with Crippen molar-refractivity contribution in [1.82, 2.24) is 5.43 Å². The molecule has 1 aromatic rings. The van der Waals surface area contributed by atoms with Crippen LogP contribution in [0.25, 0.3) is 0 Å². The minimum Gasteiger partial charge on any atom is -0.273 e. The third kappa shape index (κ3) is 5.60. The molecule has 0 radical (unpaired) electrons. The molecule has 0 saturated heterocycles. The summed E-state index contributed by atoms with van der Waals surface area (Å²) in [7, 11) is 0. The van der Waals surface area contributed by atoms with E-state index in [0.717, 1.165) is 25.7 Å². The first-order valence-electron chi connectivity index (χ1n) is 6.70. The summed E-state index contributed by atoms with van der Waals surface area (Å²) in [5.41, 5.74) is 2.71. The number of hydrogen-bond donors (Lipinski definition) is 1. The molecule has 1 N–H and O–H groups in total. The summed E-state index contributed by atoms with van der Waals surface area (Å²) in [6.45, 7) is 2.11. The Morgan fingerprint density at radius 1 is 1.35 bits per heavy atom. The van der Waals surface area contributed by atoms with Crippen LogP contribution in [0.4, 0.5) is 5.69 Å². The number of hydrogen-bond acceptors (Lipinski definition) is 4. The molecule has 1 aromatic carbocycles. The number of nitrogens with one attached hydrogen (secondary N) is 1. The summed E-state index contributed by atoms with van der Waals surface area (Å²) in [5, 5.41) is 14.5. The van der Waals surface area contributed by atoms with E-state index in [9.17, 15) is 14.9 Å². The van der Waals surface area contributed by atoms with E-state index in [0.29, 0.717) is 12.0 Å². The van der Waals surface area contributed by atoms with Crippen molar-refractivity contribution in [1.29, 1.82) is 0 Å². The molecule has 0 bridgehead atoms. The number of unbranched alkanes of at least 4 members (excludes halogenated alkanes) is 3. The van der Waals surface area contributed by atoms with Crippen molar-refractivity contribution in [3.63, 3.8) is 0 Å². The van der Waals surface area contributed by atoms with Crippen molar-refractivity contribution in [2.24, 2.45) is 5.10 Å². The van der Waals surface area contributed by atoms with Crippen LogP contribution in [0.5, 0.6) is 0 Å². The lowest BCUT2D eigenvalue weighted by atomic mass is 10.1. The van der Waals surface area contributed by atoms with Gasteiger partial charge in [0.05, 0.1) is 16.7 Å². The number of nitro benzene ring substituents is 1. The molecule has 0 unspecified atom stereocenters. The Bertz CT molecular complexity index is 486. The number of nitrogens with zero attached hydrogens (tertiary/aromatic N) is 2. The molecule has 0 heterocycles. The summed E-state index contributed by atoms with van der Waals surface area (Å²) < 4.78 is 0. The molecule has 6 heteroatoms. The summed E-state index contributed by atoms with van der Waals surface area (Å²) in [4.78, 5) is 21.8. The van der Waals surface area contributed by atoms with E-state index >= 15 is 0 Å². The van der Waals surface area contributed by atoms with E-state index in [1.165, 1.54) is 12.3 Å². The van der Waals surface area contributed by atoms with Crippen molar-refractivity contribution >= 4 is 17.8 Å². The third-order valence-electron chi connectivity index (χ3n) is 2.78. The fourth-order valence-electron chi connectivity index (χ4n) is 1.71. The van der Waals surface area contributed by atoms with Crippen LogP contribution in [-0.2, 0) is 4.79 Å². The van der Waals surface area contributed by atoms with Crippen molar-refractivity contribution in [2.45, 2.75) is 39.0 Å². The highest BCUT2D eigenvalue weighted by molar-refractivity contribution is 5.86. The number of para-hydroxylation sites is 1. The van der Waals surface area contributed by atoms with E-state index in [-0.39, 0.29) is 11.6 Å². The first-order valence-corrected chi connectivity index (χ1v) is 6.70. The molecule has 1 rings (SSSR count). The lowest BCUT2D eigenvalue weighted by molar-refractivity contribution is -0.385. The molecule has 0 fully saturated rings. The van der Waals surface area contributed by atoms with Gasteiger partial charge in [-0.25, -0.2) is 5.43 Å². The molecule has 0 aliphatic carbocycles. The number of rotatable bonds is 8. The van der Waals surface area contributed by atoms with Gasteiger partial charge in [-0.1, -0.05) is 38.3 Å². The monoisotopic (exact) mass is 277 g/mol. The number of hydrazone groups is 1. The van der Waals surface area contributed by atoms with Gasteiger partial charge in [0.1, 0.15) is 0 Å². The Balaban J connectivity index is 2.45. The van der Waals surface area contributed by atoms with Gasteiger partial charge in [-0.15, -0.1) is 0 Å². The first-order chi connectivity index (χ1) is 9.65. The Kier molecular flexibility index (Phi) is 6.95. The average molecular weight is 277 g/mol. The van der Waals surface area contributed by atoms with Gasteiger partial charge >= 0.3 is 0 Å². The highest BCUT2D eigenvalue weighted by Crippen LogP contribution is 2.14. The van der Waals surface area contributed by atoms with E-state index in [1.807, 2.05) is 0 Å². The molecular weight excluding hydrogens is 258 g/mol. The van der Waals surface area contributed by atoms with Gasteiger partial charge in [-0.3, -0.25) is 14.9 Å². The number of carbonyl (C=O) groups excluding carboxylic acids is 1. The molecule has 20 heavy (non-hydrogen) atoms. The molecule has 108 valence electrons. The third-order valence-corrected chi connectivity index (χ3v) is 2.78. The van der Waals surface area contributed by atoms with Gasteiger partial charge in [0, 0.05) is 12.5 Å². The topological polar surface area (TPSA) is 84.6 Å². The SMILES string of the molecule is CCCCCCC(=O)NN=Cc1ccccc1[N+](=O)[O-]. The number of carbonyl (C=O) groups is 1. The second-order valence-corrected chi connectivity index (χ2v) is 4.42. The zero-order chi connectivity index (χ0) is 14.8. The Labute approximate surface area is 118 Å². The van der Waals surface area contributed by atoms with Crippen LogP contribution < -0.4 is 5.43 Å². The van der Waals surface area contributed by atoms with Crippen LogP contribution in [0.3, 0.4) is 0 Å². The summed E-state index contributed by atoms with van der Waals surface area (Å²) in [6.07, 6.45) is 5.82. The normalized spacial score (nSPS) is 10.7. The fourth-order valence-corrected chi connectivity index (χ4v) is 1.71. The summed E-state index contributed by atoms with van der Waals surface area (Å²) >= 11 is 0. The van der Waals surface area contributed by atoms with Crippen LogP contribution >= 0.6 is 0 Å². The van der Waals surface area contributed by atoms with E-state index < -0.39 is 4.92 Å². The highest BCUT2D eigenvalue weighted by Gasteiger charge is 2.09. The number of nitro groups is 1. The lowest BCUT2D eigenvalue weighted by Crippen LogP contribution is -2.17. The average Bonchev–Trinajstić information content (AvgIpc) is 2.44. The number of amides is 1. The van der Waals surface area contributed by atoms with Crippen LogP contribution in [0.2, 0.25) is 0 Å². The summed E-state index contributed by atoms with van der Waals surface area (Å²) in [5.74, 6) is -0.170. The van der Waals surface area contributed by atoms with Crippen LogP contribution in [0.1, 0.15) is 44.6 Å². The molecule has 0 spiro atoms. The van der Waals surface area contributed by atoms with Crippen molar-refractivity contribution in [2.75, 3.05) is 0 Å². The standard InChI is InChI=1S/C14H19N3O3/c1-2-3-4-5-10-14(18)16-15-11-12-8-6-7-9-13(12)17(19)20/h6-9,11H,2-5,10H2,1H3,(H,16,18). The Morgan fingerprint density at radius 3 is 2.80 bits per heavy atom. The minimum atomic E-state index is -0.478. The highest BCUT2D eigenvalue weighted by atomic mass is 16.6. The smallest absolute Gasteiger partial charge is 0.273 e. The van der Waals surface area contributed by atoms with E-state index in [2.05, 4.69) is 17.5 Å². The molecule has 0 saturated carbocycles. The van der Waals surface area contributed by atoms with Crippen LogP contribution in [0.15, 0.2) is 29.4 Å². The zero-order valence-corrected chi connectivity index (χ0v) is 11.5. The van der Waals surface area contributed by atoms with Crippen molar-refractivity contribution in [3.8, 4) is 0 Å². The maximum absolute atomic E-state index is 11.5. The molecule has 0 atom stereocenters. The molecule has 0 aliphatic heterocycles. The molecule has 0 aromatic heterocycles. The van der Waals surface area contributed by atoms with E-state index in [1.54, 1.807) is 18.2 Å². The molecule has 0 aliphatic rings. The van der Waals surface area contributed by atoms with Gasteiger partial charge in [0.15, 0.2) is 0 Å². The second kappa shape index (κ2) is 8.79. The van der Waals surface area contributed by atoms with Gasteiger partial charge in [0.2, 0.25) is 5.91 Å². The number of benzene rings is 1. The first kappa shape index (κ1) is 15.8. The largest absolute Gasteiger partial charge is 0.278 e. The van der Waals surface area contributed by atoms with Gasteiger partial charge < -0.3 is 0 Å². The molecule has 1 amide bonds. The maximum Gasteiger partial charge on any atom is 0.278 e. The van der Waals surface area contributed by atoms with Gasteiger partial charge in [-0.05, 0) is 12.5 Å². The van der Waals surface area contributed by atoms with Crippen LogP contribution in [-0.4, -0.2) is 17.0 Å².